The Morgan fingerprint density at radius 1 is 0.971 bits per heavy atom. The molecular weight excluding hydrogens is 434 g/mol. The molecule has 0 aliphatic rings. The minimum absolute atomic E-state index is 0.152. The molecule has 0 unspecified atom stereocenters. The first-order valence-corrected chi connectivity index (χ1v) is 11.0. The van der Waals surface area contributed by atoms with E-state index in [9.17, 15) is 9.59 Å². The second-order valence-corrected chi connectivity index (χ2v) is 8.09. The maximum absolute atomic E-state index is 12.4. The Labute approximate surface area is 197 Å². The van der Waals surface area contributed by atoms with Crippen LogP contribution in [0, 0.1) is 0 Å². The van der Waals surface area contributed by atoms with Crippen molar-refractivity contribution in [3.63, 3.8) is 0 Å². The zero-order valence-corrected chi connectivity index (χ0v) is 19.2. The lowest BCUT2D eigenvalue weighted by Gasteiger charge is -2.10. The van der Waals surface area contributed by atoms with Crippen LogP contribution >= 0.6 is 0 Å². The number of fused-ring (bicyclic) bond motifs is 1. The molecule has 1 aromatic heterocycles. The van der Waals surface area contributed by atoms with Gasteiger partial charge in [0.25, 0.3) is 5.91 Å². The van der Waals surface area contributed by atoms with Gasteiger partial charge in [0, 0.05) is 18.8 Å². The fourth-order valence-electron chi connectivity index (χ4n) is 3.37. The Kier molecular flexibility index (Phi) is 7.29. The van der Waals surface area contributed by atoms with E-state index in [1.165, 1.54) is 0 Å². The standard InChI is InChI=1S/C26H27N3O5/c1-28(2)14-15-29-23-16-20(8-13-24(23)34-26(29)31)27-25(30)18-33-22-11-9-21(10-12-22)32-17-19-6-4-3-5-7-19/h3-13,16H,14-15,17-18H2,1-2H3,(H,27,30). The Morgan fingerprint density at radius 2 is 1.68 bits per heavy atom. The average Bonchev–Trinajstić information content (AvgIpc) is 3.15. The second kappa shape index (κ2) is 10.7. The van der Waals surface area contributed by atoms with Crippen molar-refractivity contribution in [2.75, 3.05) is 32.6 Å². The Morgan fingerprint density at radius 3 is 2.38 bits per heavy atom. The van der Waals surface area contributed by atoms with Gasteiger partial charge in [-0.3, -0.25) is 9.36 Å². The third-order valence-corrected chi connectivity index (χ3v) is 5.16. The van der Waals surface area contributed by atoms with Crippen LogP contribution in [0.1, 0.15) is 5.56 Å². The van der Waals surface area contributed by atoms with Crippen molar-refractivity contribution < 1.29 is 18.7 Å². The molecule has 0 bridgehead atoms. The number of hydrogen-bond donors (Lipinski definition) is 1. The summed E-state index contributed by atoms with van der Waals surface area (Å²) in [6.45, 7) is 1.51. The van der Waals surface area contributed by atoms with Gasteiger partial charge >= 0.3 is 5.76 Å². The summed E-state index contributed by atoms with van der Waals surface area (Å²) in [7, 11) is 3.87. The average molecular weight is 462 g/mol. The molecule has 8 nitrogen and oxygen atoms in total. The van der Waals surface area contributed by atoms with Gasteiger partial charge < -0.3 is 24.1 Å². The number of oxazole rings is 1. The van der Waals surface area contributed by atoms with Gasteiger partial charge in [0.05, 0.1) is 5.52 Å². The summed E-state index contributed by atoms with van der Waals surface area (Å²) in [5, 5.41) is 2.80. The Balaban J connectivity index is 1.31. The summed E-state index contributed by atoms with van der Waals surface area (Å²) < 4.78 is 18.2. The molecule has 1 heterocycles. The lowest BCUT2D eigenvalue weighted by Crippen LogP contribution is -2.23. The third kappa shape index (κ3) is 6.05. The van der Waals surface area contributed by atoms with Crippen LogP contribution < -0.4 is 20.5 Å². The predicted octanol–water partition coefficient (Wildman–Crippen LogP) is 3.75. The van der Waals surface area contributed by atoms with Gasteiger partial charge in [0.1, 0.15) is 18.1 Å². The van der Waals surface area contributed by atoms with E-state index in [2.05, 4.69) is 5.32 Å². The molecule has 1 amide bonds. The number of anilines is 1. The number of benzene rings is 3. The molecule has 0 fully saturated rings. The number of rotatable bonds is 10. The maximum atomic E-state index is 12.4. The summed E-state index contributed by atoms with van der Waals surface area (Å²) >= 11 is 0. The number of hydrogen-bond acceptors (Lipinski definition) is 6. The Hall–Kier alpha value is -4.04. The quantitative estimate of drug-likeness (QED) is 0.387. The number of nitrogens with zero attached hydrogens (tertiary/aromatic N) is 2. The maximum Gasteiger partial charge on any atom is 0.419 e. The summed E-state index contributed by atoms with van der Waals surface area (Å²) in [6, 6.07) is 22.1. The summed E-state index contributed by atoms with van der Waals surface area (Å²) in [4.78, 5) is 26.5. The van der Waals surface area contributed by atoms with Crippen LogP contribution in [0.25, 0.3) is 11.1 Å². The lowest BCUT2D eigenvalue weighted by molar-refractivity contribution is -0.118. The minimum atomic E-state index is -0.417. The van der Waals surface area contributed by atoms with Crippen LogP contribution in [0.5, 0.6) is 11.5 Å². The van der Waals surface area contributed by atoms with Gasteiger partial charge in [-0.05, 0) is 62.1 Å². The van der Waals surface area contributed by atoms with E-state index in [1.54, 1.807) is 47.0 Å². The number of likely N-dealkylation sites (N-methyl/N-ethyl adjacent to an activating group) is 1. The molecule has 0 spiro atoms. The number of ether oxygens (including phenoxy) is 2. The first-order chi connectivity index (χ1) is 16.5. The van der Waals surface area contributed by atoms with Crippen molar-refractivity contribution in [2.24, 2.45) is 0 Å². The normalized spacial score (nSPS) is 11.0. The molecule has 0 atom stereocenters. The molecule has 1 N–H and O–H groups in total. The lowest BCUT2D eigenvalue weighted by atomic mass is 10.2. The highest BCUT2D eigenvalue weighted by Gasteiger charge is 2.12. The van der Waals surface area contributed by atoms with Crippen molar-refractivity contribution in [3.05, 3.63) is 88.9 Å². The van der Waals surface area contributed by atoms with E-state index in [0.29, 0.717) is 42.2 Å². The van der Waals surface area contributed by atoms with Crippen molar-refractivity contribution >= 4 is 22.7 Å². The first-order valence-electron chi connectivity index (χ1n) is 11.0. The van der Waals surface area contributed by atoms with Gasteiger partial charge in [0.2, 0.25) is 0 Å². The van der Waals surface area contributed by atoms with E-state index in [0.717, 1.165) is 11.3 Å². The highest BCUT2D eigenvalue weighted by atomic mass is 16.5. The molecule has 0 saturated carbocycles. The first kappa shape index (κ1) is 23.1. The topological polar surface area (TPSA) is 85.9 Å². The van der Waals surface area contributed by atoms with Gasteiger partial charge in [0.15, 0.2) is 12.2 Å². The van der Waals surface area contributed by atoms with Gasteiger partial charge in [-0.25, -0.2) is 4.79 Å². The highest BCUT2D eigenvalue weighted by molar-refractivity contribution is 5.93. The van der Waals surface area contributed by atoms with Crippen LogP contribution in [-0.2, 0) is 17.9 Å². The van der Waals surface area contributed by atoms with Crippen LogP contribution in [0.4, 0.5) is 5.69 Å². The van der Waals surface area contributed by atoms with E-state index in [-0.39, 0.29) is 12.5 Å². The zero-order chi connectivity index (χ0) is 23.9. The molecule has 34 heavy (non-hydrogen) atoms. The summed E-state index contributed by atoms with van der Waals surface area (Å²) in [5.41, 5.74) is 2.76. The SMILES string of the molecule is CN(C)CCn1c(=O)oc2ccc(NC(=O)COc3ccc(OCc4ccccc4)cc3)cc21. The van der Waals surface area contributed by atoms with Crippen molar-refractivity contribution in [3.8, 4) is 11.5 Å². The predicted molar refractivity (Wildman–Crippen MR) is 130 cm³/mol. The molecule has 0 aliphatic heterocycles. The zero-order valence-electron chi connectivity index (χ0n) is 19.2. The molecule has 0 aliphatic carbocycles. The molecule has 4 aromatic rings. The van der Waals surface area contributed by atoms with Crippen LogP contribution in [-0.4, -0.2) is 42.6 Å². The number of amides is 1. The van der Waals surface area contributed by atoms with Gasteiger partial charge in [-0.1, -0.05) is 30.3 Å². The van der Waals surface area contributed by atoms with Crippen molar-refractivity contribution in [1.29, 1.82) is 0 Å². The van der Waals surface area contributed by atoms with E-state index >= 15 is 0 Å². The van der Waals surface area contributed by atoms with E-state index in [4.69, 9.17) is 13.9 Å². The highest BCUT2D eigenvalue weighted by Crippen LogP contribution is 2.20. The third-order valence-electron chi connectivity index (χ3n) is 5.16. The molecular formula is C26H27N3O5. The van der Waals surface area contributed by atoms with Crippen LogP contribution in [0.15, 0.2) is 82.0 Å². The molecule has 3 aromatic carbocycles. The number of carbonyl (C=O) groups excluding carboxylic acids is 1. The van der Waals surface area contributed by atoms with Gasteiger partial charge in [-0.2, -0.15) is 0 Å². The largest absolute Gasteiger partial charge is 0.489 e. The van der Waals surface area contributed by atoms with Gasteiger partial charge in [-0.15, -0.1) is 0 Å². The fourth-order valence-corrected chi connectivity index (χ4v) is 3.37. The van der Waals surface area contributed by atoms with E-state index in [1.807, 2.05) is 49.3 Å². The van der Waals surface area contributed by atoms with Crippen molar-refractivity contribution in [2.45, 2.75) is 13.2 Å². The number of carbonyl (C=O) groups is 1. The number of nitrogens with one attached hydrogen (secondary N) is 1. The minimum Gasteiger partial charge on any atom is -0.489 e. The smallest absolute Gasteiger partial charge is 0.419 e. The Bertz CT molecular complexity index is 1290. The van der Waals surface area contributed by atoms with Crippen LogP contribution in [0.3, 0.4) is 0 Å². The van der Waals surface area contributed by atoms with E-state index < -0.39 is 5.76 Å². The second-order valence-electron chi connectivity index (χ2n) is 8.09. The van der Waals surface area contributed by atoms with Crippen molar-refractivity contribution in [1.82, 2.24) is 9.47 Å². The monoisotopic (exact) mass is 461 g/mol. The molecule has 0 radical (unpaired) electrons. The molecule has 8 heteroatoms. The molecule has 4 rings (SSSR count). The summed E-state index contributed by atoms with van der Waals surface area (Å²) in [5.74, 6) is 0.550. The number of aromatic nitrogens is 1. The molecule has 176 valence electrons. The fraction of sp³-hybridized carbons (Fsp3) is 0.231. The van der Waals surface area contributed by atoms with Crippen LogP contribution in [0.2, 0.25) is 0 Å². The molecule has 0 saturated heterocycles. The summed E-state index contributed by atoms with van der Waals surface area (Å²) in [6.07, 6.45) is 0.